The summed E-state index contributed by atoms with van der Waals surface area (Å²) in [4.78, 5) is 24.9. The maximum absolute atomic E-state index is 14.1. The Morgan fingerprint density at radius 2 is 1.91 bits per heavy atom. The van der Waals surface area contributed by atoms with Crippen LogP contribution in [0.15, 0.2) is 21.7 Å². The maximum Gasteiger partial charge on any atom is 0.432 e. The SMILES string of the molecule is Cn1c(C(F)(F)F)c(-c2cc(N)c(C#N)cc2F)c(=O)[nH]c1=O. The molecule has 0 radical (unpaired) electrons. The summed E-state index contributed by atoms with van der Waals surface area (Å²) in [6.45, 7) is 0. The first-order valence-corrected chi connectivity index (χ1v) is 5.98. The third kappa shape index (κ3) is 2.68. The number of nitrogens with one attached hydrogen (secondary N) is 1. The second-order valence-electron chi connectivity index (χ2n) is 4.57. The Labute approximate surface area is 125 Å². The van der Waals surface area contributed by atoms with Gasteiger partial charge in [0.05, 0.1) is 16.8 Å². The summed E-state index contributed by atoms with van der Waals surface area (Å²) in [5.74, 6) is -1.25. The van der Waals surface area contributed by atoms with Crippen molar-refractivity contribution in [3.8, 4) is 17.2 Å². The lowest BCUT2D eigenvalue weighted by atomic mass is 10.0. The number of benzene rings is 1. The highest BCUT2D eigenvalue weighted by Crippen LogP contribution is 2.36. The van der Waals surface area contributed by atoms with E-state index in [0.29, 0.717) is 6.07 Å². The zero-order valence-corrected chi connectivity index (χ0v) is 11.5. The normalized spacial score (nSPS) is 11.3. The van der Waals surface area contributed by atoms with Crippen molar-refractivity contribution in [2.75, 3.05) is 5.73 Å². The molecule has 1 aromatic heterocycles. The fraction of sp³-hybridized carbons (Fsp3) is 0.154. The van der Waals surface area contributed by atoms with Crippen LogP contribution in [0.1, 0.15) is 11.3 Å². The molecule has 0 saturated heterocycles. The molecule has 2 rings (SSSR count). The molecule has 1 heterocycles. The van der Waals surface area contributed by atoms with Crippen molar-refractivity contribution in [2.24, 2.45) is 7.05 Å². The van der Waals surface area contributed by atoms with Gasteiger partial charge >= 0.3 is 11.9 Å². The van der Waals surface area contributed by atoms with E-state index in [0.717, 1.165) is 13.1 Å². The average Bonchev–Trinajstić information content (AvgIpc) is 2.43. The number of H-pyrrole nitrogens is 1. The van der Waals surface area contributed by atoms with E-state index in [-0.39, 0.29) is 15.8 Å². The van der Waals surface area contributed by atoms with E-state index >= 15 is 0 Å². The number of nitrogens with zero attached hydrogens (tertiary/aromatic N) is 2. The number of rotatable bonds is 1. The van der Waals surface area contributed by atoms with Gasteiger partial charge in [-0.25, -0.2) is 9.18 Å². The minimum Gasteiger partial charge on any atom is -0.398 e. The lowest BCUT2D eigenvalue weighted by Gasteiger charge is -2.16. The Morgan fingerprint density at radius 3 is 2.43 bits per heavy atom. The third-order valence-electron chi connectivity index (χ3n) is 3.12. The number of halogens is 4. The predicted octanol–water partition coefficient (Wildman–Crippen LogP) is 1.35. The van der Waals surface area contributed by atoms with Gasteiger partial charge in [-0.05, 0) is 12.1 Å². The molecular weight excluding hydrogens is 320 g/mol. The van der Waals surface area contributed by atoms with Crippen LogP contribution in [0, 0.1) is 17.1 Å². The molecule has 0 aliphatic rings. The summed E-state index contributed by atoms with van der Waals surface area (Å²) >= 11 is 0. The number of aromatic amines is 1. The summed E-state index contributed by atoms with van der Waals surface area (Å²) in [5.41, 5.74) is -1.30. The number of hydrogen-bond acceptors (Lipinski definition) is 4. The van der Waals surface area contributed by atoms with Gasteiger partial charge in [-0.2, -0.15) is 18.4 Å². The standard InChI is InChI=1S/C13H8F4N4O2/c1-21-10(13(15,16)17)9(11(22)20-12(21)23)6-3-8(19)5(4-18)2-7(6)14/h2-3H,19H2,1H3,(H,20,22,23). The van der Waals surface area contributed by atoms with Gasteiger partial charge in [0.2, 0.25) is 0 Å². The van der Waals surface area contributed by atoms with Crippen molar-refractivity contribution in [2.45, 2.75) is 6.18 Å². The molecule has 6 nitrogen and oxygen atoms in total. The summed E-state index contributed by atoms with van der Waals surface area (Å²) in [7, 11) is 0.787. The van der Waals surface area contributed by atoms with Gasteiger partial charge in [0.1, 0.15) is 17.6 Å². The van der Waals surface area contributed by atoms with Crippen LogP contribution >= 0.6 is 0 Å². The van der Waals surface area contributed by atoms with Crippen LogP contribution in [0.25, 0.3) is 11.1 Å². The maximum atomic E-state index is 14.1. The molecule has 0 saturated carbocycles. The summed E-state index contributed by atoms with van der Waals surface area (Å²) in [6, 6.07) is 2.93. The first-order valence-electron chi connectivity index (χ1n) is 5.98. The molecule has 23 heavy (non-hydrogen) atoms. The Kier molecular flexibility index (Phi) is 3.73. The monoisotopic (exact) mass is 328 g/mol. The average molecular weight is 328 g/mol. The number of anilines is 1. The Hall–Kier alpha value is -3.09. The molecule has 1 aromatic carbocycles. The minimum absolute atomic E-state index is 0.157. The molecule has 2 aromatic rings. The number of nitriles is 1. The highest BCUT2D eigenvalue weighted by molar-refractivity contribution is 5.72. The largest absolute Gasteiger partial charge is 0.432 e. The molecule has 0 amide bonds. The molecule has 120 valence electrons. The van der Waals surface area contributed by atoms with Crippen molar-refractivity contribution in [3.05, 3.63) is 50.0 Å². The molecule has 0 atom stereocenters. The van der Waals surface area contributed by atoms with Crippen molar-refractivity contribution < 1.29 is 17.6 Å². The number of hydrogen-bond donors (Lipinski definition) is 2. The van der Waals surface area contributed by atoms with E-state index in [9.17, 15) is 27.2 Å². The van der Waals surface area contributed by atoms with Crippen LogP contribution in [0.5, 0.6) is 0 Å². The second kappa shape index (κ2) is 5.28. The van der Waals surface area contributed by atoms with E-state index in [2.05, 4.69) is 0 Å². The zero-order chi connectivity index (χ0) is 17.5. The lowest BCUT2D eigenvalue weighted by Crippen LogP contribution is -2.35. The number of nitrogens with two attached hydrogens (primary N) is 1. The van der Waals surface area contributed by atoms with Gasteiger partial charge in [0.15, 0.2) is 0 Å². The number of nitrogen functional groups attached to an aromatic ring is 1. The second-order valence-corrected chi connectivity index (χ2v) is 4.57. The third-order valence-corrected chi connectivity index (χ3v) is 3.12. The molecule has 10 heteroatoms. The van der Waals surface area contributed by atoms with Gasteiger partial charge in [0, 0.05) is 12.6 Å². The van der Waals surface area contributed by atoms with Crippen LogP contribution < -0.4 is 17.0 Å². The molecule has 0 bridgehead atoms. The molecule has 0 unspecified atom stereocenters. The van der Waals surface area contributed by atoms with E-state index in [1.165, 1.54) is 0 Å². The fourth-order valence-corrected chi connectivity index (χ4v) is 2.08. The first kappa shape index (κ1) is 16.3. The van der Waals surface area contributed by atoms with Crippen molar-refractivity contribution in [1.29, 1.82) is 5.26 Å². The Morgan fingerprint density at radius 1 is 1.30 bits per heavy atom. The van der Waals surface area contributed by atoms with E-state index < -0.39 is 40.1 Å². The molecule has 0 aliphatic carbocycles. The van der Waals surface area contributed by atoms with Crippen LogP contribution in [0.2, 0.25) is 0 Å². The van der Waals surface area contributed by atoms with E-state index in [1.54, 1.807) is 11.1 Å². The van der Waals surface area contributed by atoms with Gasteiger partial charge in [-0.3, -0.25) is 14.3 Å². The Balaban J connectivity index is 2.99. The van der Waals surface area contributed by atoms with Crippen molar-refractivity contribution in [3.63, 3.8) is 0 Å². The van der Waals surface area contributed by atoms with Gasteiger partial charge in [-0.15, -0.1) is 0 Å². The smallest absolute Gasteiger partial charge is 0.398 e. The fourth-order valence-electron chi connectivity index (χ4n) is 2.08. The summed E-state index contributed by atoms with van der Waals surface area (Å²) in [5, 5.41) is 8.73. The summed E-state index contributed by atoms with van der Waals surface area (Å²) in [6.07, 6.45) is -5.09. The number of aromatic nitrogens is 2. The van der Waals surface area contributed by atoms with Crippen LogP contribution in [0.3, 0.4) is 0 Å². The lowest BCUT2D eigenvalue weighted by molar-refractivity contribution is -0.143. The molecule has 3 N–H and O–H groups in total. The molecule has 0 aliphatic heterocycles. The molecule has 0 spiro atoms. The molecule has 0 fully saturated rings. The predicted molar refractivity (Wildman–Crippen MR) is 71.8 cm³/mol. The van der Waals surface area contributed by atoms with Gasteiger partial charge < -0.3 is 5.73 Å². The quantitative estimate of drug-likeness (QED) is 0.609. The van der Waals surface area contributed by atoms with Crippen LogP contribution in [0.4, 0.5) is 23.2 Å². The highest BCUT2D eigenvalue weighted by atomic mass is 19.4. The Bertz CT molecular complexity index is 951. The van der Waals surface area contributed by atoms with Crippen LogP contribution in [-0.2, 0) is 13.2 Å². The topological polar surface area (TPSA) is 105 Å². The highest BCUT2D eigenvalue weighted by Gasteiger charge is 2.39. The van der Waals surface area contributed by atoms with E-state index in [1.807, 2.05) is 0 Å². The minimum atomic E-state index is -5.09. The van der Waals surface area contributed by atoms with Crippen molar-refractivity contribution >= 4 is 5.69 Å². The van der Waals surface area contributed by atoms with Crippen molar-refractivity contribution in [1.82, 2.24) is 9.55 Å². The summed E-state index contributed by atoms with van der Waals surface area (Å²) < 4.78 is 53.9. The van der Waals surface area contributed by atoms with Gasteiger partial charge in [-0.1, -0.05) is 0 Å². The van der Waals surface area contributed by atoms with Gasteiger partial charge in [0.25, 0.3) is 5.56 Å². The first-order chi connectivity index (χ1) is 10.6. The number of alkyl halides is 3. The van der Waals surface area contributed by atoms with E-state index in [4.69, 9.17) is 11.0 Å². The zero-order valence-electron chi connectivity index (χ0n) is 11.5. The van der Waals surface area contributed by atoms with Crippen LogP contribution in [-0.4, -0.2) is 9.55 Å². The molecular formula is C13H8F4N4O2.